The molecule has 0 spiro atoms. The minimum Gasteiger partial charge on any atom is -0.229 e. The van der Waals surface area contributed by atoms with Gasteiger partial charge in [0.1, 0.15) is 5.01 Å². The largest absolute Gasteiger partial charge is 0.229 e. The van der Waals surface area contributed by atoms with Crippen molar-refractivity contribution in [1.29, 1.82) is 0 Å². The lowest BCUT2D eigenvalue weighted by molar-refractivity contribution is 0.602. The number of aryl methyl sites for hydroxylation is 1. The Hall–Kier alpha value is -1.03. The minimum atomic E-state index is -3.19. The molecule has 5 nitrogen and oxygen atoms in total. The molecule has 2 aromatic heterocycles. The first-order valence-electron chi connectivity index (χ1n) is 5.50. The van der Waals surface area contributed by atoms with E-state index in [1.54, 1.807) is 18.2 Å². The molecule has 0 radical (unpaired) electrons. The third kappa shape index (κ3) is 2.85. The van der Waals surface area contributed by atoms with E-state index in [0.717, 1.165) is 23.9 Å². The summed E-state index contributed by atoms with van der Waals surface area (Å²) >= 11 is 4.42. The highest BCUT2D eigenvalue weighted by Gasteiger charge is 2.12. The van der Waals surface area contributed by atoms with E-state index >= 15 is 0 Å². The Morgan fingerprint density at radius 3 is 2.60 bits per heavy atom. The Morgan fingerprint density at radius 1 is 1.15 bits per heavy atom. The summed E-state index contributed by atoms with van der Waals surface area (Å²) in [6.07, 6.45) is 1.20. The van der Waals surface area contributed by atoms with Crippen LogP contribution in [0.3, 0.4) is 0 Å². The Labute approximate surface area is 128 Å². The number of rotatable bonds is 3. The van der Waals surface area contributed by atoms with E-state index in [9.17, 15) is 8.42 Å². The SMILES string of the molecule is Cc1nnc(Sc2nc3ccc(S(C)(=O)=O)cc3s2)s1. The van der Waals surface area contributed by atoms with Crippen LogP contribution in [0.5, 0.6) is 0 Å². The van der Waals surface area contributed by atoms with Crippen LogP contribution in [0, 0.1) is 6.92 Å². The van der Waals surface area contributed by atoms with Gasteiger partial charge in [0.15, 0.2) is 18.5 Å². The van der Waals surface area contributed by atoms with Crippen molar-refractivity contribution >= 4 is 54.5 Å². The average Bonchev–Trinajstić information content (AvgIpc) is 2.93. The van der Waals surface area contributed by atoms with Crippen LogP contribution in [0.2, 0.25) is 0 Å². The van der Waals surface area contributed by atoms with Gasteiger partial charge in [0.25, 0.3) is 0 Å². The maximum absolute atomic E-state index is 11.5. The summed E-state index contributed by atoms with van der Waals surface area (Å²) in [5, 5.41) is 8.91. The van der Waals surface area contributed by atoms with Crippen LogP contribution in [0.25, 0.3) is 10.2 Å². The molecule has 0 amide bonds. The summed E-state index contributed by atoms with van der Waals surface area (Å²) in [6, 6.07) is 4.98. The molecular formula is C11H9N3O2S4. The number of thiazole rings is 1. The molecule has 1 aromatic carbocycles. The molecule has 0 aliphatic carbocycles. The van der Waals surface area contributed by atoms with E-state index in [0.29, 0.717) is 4.90 Å². The first-order valence-corrected chi connectivity index (χ1v) is 9.84. The van der Waals surface area contributed by atoms with Gasteiger partial charge in [-0.15, -0.1) is 21.5 Å². The van der Waals surface area contributed by atoms with Crippen LogP contribution in [0.15, 0.2) is 31.8 Å². The molecule has 0 saturated heterocycles. The Morgan fingerprint density at radius 2 is 1.95 bits per heavy atom. The summed E-state index contributed by atoms with van der Waals surface area (Å²) in [5.41, 5.74) is 0.797. The topological polar surface area (TPSA) is 72.8 Å². The van der Waals surface area contributed by atoms with E-state index in [4.69, 9.17) is 0 Å². The molecule has 0 fully saturated rings. The monoisotopic (exact) mass is 343 g/mol. The molecule has 0 atom stereocenters. The lowest BCUT2D eigenvalue weighted by Gasteiger charge is -1.96. The van der Waals surface area contributed by atoms with Crippen molar-refractivity contribution in [3.05, 3.63) is 23.2 Å². The maximum atomic E-state index is 11.5. The zero-order valence-corrected chi connectivity index (χ0v) is 13.8. The number of hydrogen-bond acceptors (Lipinski definition) is 8. The lowest BCUT2D eigenvalue weighted by atomic mass is 10.3. The molecule has 3 rings (SSSR count). The molecule has 104 valence electrons. The van der Waals surface area contributed by atoms with Crippen molar-refractivity contribution in [2.75, 3.05) is 6.26 Å². The smallest absolute Gasteiger partial charge is 0.181 e. The quantitative estimate of drug-likeness (QED) is 0.728. The van der Waals surface area contributed by atoms with E-state index in [1.807, 2.05) is 6.92 Å². The summed E-state index contributed by atoms with van der Waals surface area (Å²) in [7, 11) is -3.19. The predicted octanol–water partition coefficient (Wildman–Crippen LogP) is 3.01. The Bertz CT molecular complexity index is 882. The number of aromatic nitrogens is 3. The zero-order chi connectivity index (χ0) is 14.3. The second-order valence-electron chi connectivity index (χ2n) is 4.07. The van der Waals surface area contributed by atoms with Crippen molar-refractivity contribution in [1.82, 2.24) is 15.2 Å². The Balaban J connectivity index is 1.98. The van der Waals surface area contributed by atoms with Gasteiger partial charge in [-0.05, 0) is 36.9 Å². The summed E-state index contributed by atoms with van der Waals surface area (Å²) in [4.78, 5) is 4.78. The van der Waals surface area contributed by atoms with Crippen LogP contribution >= 0.6 is 34.4 Å². The Kier molecular flexibility index (Phi) is 3.53. The highest BCUT2D eigenvalue weighted by molar-refractivity contribution is 8.02. The van der Waals surface area contributed by atoms with E-state index < -0.39 is 9.84 Å². The highest BCUT2D eigenvalue weighted by Crippen LogP contribution is 2.36. The van der Waals surface area contributed by atoms with E-state index in [1.165, 1.54) is 40.7 Å². The third-order valence-corrected chi connectivity index (χ3v) is 6.53. The molecular weight excluding hydrogens is 334 g/mol. The minimum absolute atomic E-state index is 0.317. The first kappa shape index (κ1) is 13.9. The predicted molar refractivity (Wildman–Crippen MR) is 81.5 cm³/mol. The van der Waals surface area contributed by atoms with Gasteiger partial charge in [-0.2, -0.15) is 0 Å². The van der Waals surface area contributed by atoms with Gasteiger partial charge >= 0.3 is 0 Å². The first-order chi connectivity index (χ1) is 9.41. The summed E-state index contributed by atoms with van der Waals surface area (Å²) < 4.78 is 25.6. The fourth-order valence-corrected chi connectivity index (χ4v) is 5.40. The van der Waals surface area contributed by atoms with Crippen molar-refractivity contribution in [3.8, 4) is 0 Å². The normalized spacial score (nSPS) is 12.1. The zero-order valence-electron chi connectivity index (χ0n) is 10.5. The number of nitrogens with zero attached hydrogens (tertiary/aromatic N) is 3. The number of fused-ring (bicyclic) bond motifs is 1. The molecule has 0 saturated carbocycles. The summed E-state index contributed by atoms with van der Waals surface area (Å²) in [5.74, 6) is 0. The second-order valence-corrected chi connectivity index (χ2v) is 9.79. The fraction of sp³-hybridized carbons (Fsp3) is 0.182. The molecule has 3 aromatic rings. The molecule has 20 heavy (non-hydrogen) atoms. The van der Waals surface area contributed by atoms with Crippen molar-refractivity contribution in [3.63, 3.8) is 0 Å². The molecule has 2 heterocycles. The van der Waals surface area contributed by atoms with Crippen LogP contribution < -0.4 is 0 Å². The molecule has 0 aliphatic heterocycles. The standard InChI is InChI=1S/C11H9N3O2S4/c1-6-13-14-11(17-6)19-10-12-8-4-3-7(20(2,15)16)5-9(8)18-10/h3-5H,1-2H3. The van der Waals surface area contributed by atoms with E-state index in [2.05, 4.69) is 15.2 Å². The van der Waals surface area contributed by atoms with Crippen molar-refractivity contribution in [2.45, 2.75) is 20.5 Å². The van der Waals surface area contributed by atoms with Gasteiger partial charge in [0.2, 0.25) is 0 Å². The molecule has 9 heteroatoms. The third-order valence-electron chi connectivity index (χ3n) is 2.45. The number of sulfone groups is 1. The molecule has 0 bridgehead atoms. The van der Waals surface area contributed by atoms with Gasteiger partial charge < -0.3 is 0 Å². The summed E-state index contributed by atoms with van der Waals surface area (Å²) in [6.45, 7) is 1.90. The lowest BCUT2D eigenvalue weighted by Crippen LogP contribution is -1.95. The number of hydrogen-bond donors (Lipinski definition) is 0. The molecule has 0 aliphatic rings. The second kappa shape index (κ2) is 5.06. The van der Waals surface area contributed by atoms with Gasteiger partial charge in [-0.3, -0.25) is 0 Å². The van der Waals surface area contributed by atoms with Crippen LogP contribution in [-0.4, -0.2) is 29.9 Å². The van der Waals surface area contributed by atoms with Crippen molar-refractivity contribution in [2.24, 2.45) is 0 Å². The van der Waals surface area contributed by atoms with Gasteiger partial charge in [0, 0.05) is 6.26 Å². The van der Waals surface area contributed by atoms with Crippen LogP contribution in [0.4, 0.5) is 0 Å². The van der Waals surface area contributed by atoms with Gasteiger partial charge in [0.05, 0.1) is 15.1 Å². The van der Waals surface area contributed by atoms with Gasteiger partial charge in [-0.25, -0.2) is 13.4 Å². The van der Waals surface area contributed by atoms with Crippen molar-refractivity contribution < 1.29 is 8.42 Å². The molecule has 0 N–H and O–H groups in total. The molecule has 0 unspecified atom stereocenters. The average molecular weight is 343 g/mol. The fourth-order valence-electron chi connectivity index (χ4n) is 1.55. The van der Waals surface area contributed by atoms with Gasteiger partial charge in [-0.1, -0.05) is 11.3 Å². The maximum Gasteiger partial charge on any atom is 0.181 e. The number of benzene rings is 1. The van der Waals surface area contributed by atoms with E-state index in [-0.39, 0.29) is 0 Å². The van der Waals surface area contributed by atoms with Crippen LogP contribution in [0.1, 0.15) is 5.01 Å². The highest BCUT2D eigenvalue weighted by atomic mass is 32.2. The van der Waals surface area contributed by atoms with Crippen LogP contribution in [-0.2, 0) is 9.84 Å².